The quantitative estimate of drug-likeness (QED) is 0.746. The molecule has 3 heterocycles. The molecule has 0 saturated carbocycles. The Balaban J connectivity index is 1.72. The van der Waals surface area contributed by atoms with Crippen molar-refractivity contribution in [2.24, 2.45) is 5.92 Å². The number of anilines is 1. The second kappa shape index (κ2) is 7.22. The molecule has 1 atom stereocenters. The smallest absolute Gasteiger partial charge is 0.165 e. The molecule has 0 bridgehead atoms. The summed E-state index contributed by atoms with van der Waals surface area (Å²) in [6, 6.07) is 9.48. The monoisotopic (exact) mass is 378 g/mol. The Morgan fingerprint density at radius 2 is 1.93 bits per heavy atom. The van der Waals surface area contributed by atoms with E-state index in [-0.39, 0.29) is 5.75 Å². The van der Waals surface area contributed by atoms with Crippen LogP contribution in [0.15, 0.2) is 30.3 Å². The van der Waals surface area contributed by atoms with Gasteiger partial charge in [0.1, 0.15) is 17.4 Å². The maximum Gasteiger partial charge on any atom is 0.165 e. The Kier molecular flexibility index (Phi) is 4.75. The first-order chi connectivity index (χ1) is 13.4. The normalized spacial score (nSPS) is 16.5. The van der Waals surface area contributed by atoms with Gasteiger partial charge in [0.05, 0.1) is 18.2 Å². The number of nitrogens with zero attached hydrogens (tertiary/aromatic N) is 6. The highest BCUT2D eigenvalue weighted by Crippen LogP contribution is 2.32. The number of hydrogen-bond donors (Lipinski definition) is 1. The van der Waals surface area contributed by atoms with E-state index in [0.29, 0.717) is 29.9 Å². The van der Waals surface area contributed by atoms with Crippen LogP contribution >= 0.6 is 0 Å². The maximum atomic E-state index is 10.2. The van der Waals surface area contributed by atoms with Gasteiger partial charge in [0.15, 0.2) is 11.6 Å². The lowest BCUT2D eigenvalue weighted by molar-refractivity contribution is 0.357. The Morgan fingerprint density at radius 3 is 2.68 bits per heavy atom. The Hall–Kier alpha value is -2.96. The van der Waals surface area contributed by atoms with Gasteiger partial charge < -0.3 is 14.6 Å². The molecule has 3 aromatic rings. The average molecular weight is 378 g/mol. The summed E-state index contributed by atoms with van der Waals surface area (Å²) in [7, 11) is 0. The van der Waals surface area contributed by atoms with Gasteiger partial charge in [-0.3, -0.25) is 0 Å². The van der Waals surface area contributed by atoms with Crippen LogP contribution in [0.1, 0.15) is 43.7 Å². The molecule has 1 aromatic carbocycles. The van der Waals surface area contributed by atoms with Crippen molar-refractivity contribution in [2.75, 3.05) is 11.4 Å². The fraction of sp³-hybridized carbons (Fsp3) is 0.429. The Bertz CT molecular complexity index is 996. The molecule has 0 fully saturated rings. The summed E-state index contributed by atoms with van der Waals surface area (Å²) in [5.41, 5.74) is 1.51. The minimum absolute atomic E-state index is 0.186. The summed E-state index contributed by atoms with van der Waals surface area (Å²) >= 11 is 0. The van der Waals surface area contributed by atoms with Gasteiger partial charge in [0, 0.05) is 18.3 Å². The first kappa shape index (κ1) is 18.4. The summed E-state index contributed by atoms with van der Waals surface area (Å²) < 4.78 is 2.27. The fourth-order valence-corrected chi connectivity index (χ4v) is 3.96. The second-order valence-corrected chi connectivity index (χ2v) is 7.91. The molecule has 4 rings (SSSR count). The summed E-state index contributed by atoms with van der Waals surface area (Å²) in [6.45, 7) is 9.96. The number of fused-ring (bicyclic) bond motifs is 1. The lowest BCUT2D eigenvalue weighted by Gasteiger charge is -2.36. The van der Waals surface area contributed by atoms with Crippen molar-refractivity contribution in [1.29, 1.82) is 0 Å². The van der Waals surface area contributed by atoms with Gasteiger partial charge >= 0.3 is 0 Å². The molecule has 7 heteroatoms. The number of para-hydroxylation sites is 1. The minimum Gasteiger partial charge on any atom is -0.507 e. The molecule has 146 valence electrons. The summed E-state index contributed by atoms with van der Waals surface area (Å²) in [4.78, 5) is 11.6. The zero-order valence-electron chi connectivity index (χ0n) is 16.8. The van der Waals surface area contributed by atoms with E-state index in [1.165, 1.54) is 0 Å². The van der Waals surface area contributed by atoms with E-state index in [1.54, 1.807) is 12.1 Å². The molecule has 0 saturated heterocycles. The third-order valence-corrected chi connectivity index (χ3v) is 5.12. The van der Waals surface area contributed by atoms with Gasteiger partial charge in [-0.25, -0.2) is 9.97 Å². The minimum atomic E-state index is 0.186. The Labute approximate surface area is 165 Å². The summed E-state index contributed by atoms with van der Waals surface area (Å²) in [5.74, 6) is 4.08. The van der Waals surface area contributed by atoms with Crippen LogP contribution in [0.25, 0.3) is 11.4 Å². The number of aryl methyl sites for hydroxylation is 2. The van der Waals surface area contributed by atoms with Crippen LogP contribution < -0.4 is 4.90 Å². The second-order valence-electron chi connectivity index (χ2n) is 7.91. The first-order valence-corrected chi connectivity index (χ1v) is 9.71. The highest BCUT2D eigenvalue weighted by Gasteiger charge is 2.29. The van der Waals surface area contributed by atoms with Gasteiger partial charge in [0.25, 0.3) is 0 Å². The van der Waals surface area contributed by atoms with E-state index in [4.69, 9.17) is 4.98 Å². The van der Waals surface area contributed by atoms with Crippen molar-refractivity contribution in [3.8, 4) is 17.1 Å². The van der Waals surface area contributed by atoms with Crippen LogP contribution in [0.4, 0.5) is 5.82 Å². The molecule has 1 N–H and O–H groups in total. The van der Waals surface area contributed by atoms with E-state index in [0.717, 1.165) is 36.1 Å². The number of phenolic OH excluding ortho intramolecular Hbond substituents is 1. The molecule has 1 aliphatic heterocycles. The lowest BCUT2D eigenvalue weighted by Crippen LogP contribution is -2.39. The van der Waals surface area contributed by atoms with Crippen molar-refractivity contribution in [1.82, 2.24) is 24.7 Å². The lowest BCUT2D eigenvalue weighted by atomic mass is 10.0. The molecule has 7 nitrogen and oxygen atoms in total. The number of hydrogen-bond acceptors (Lipinski definition) is 6. The van der Waals surface area contributed by atoms with Gasteiger partial charge in [-0.2, -0.15) is 0 Å². The summed E-state index contributed by atoms with van der Waals surface area (Å²) in [5, 5.41) is 18.9. The van der Waals surface area contributed by atoms with E-state index in [2.05, 4.69) is 38.5 Å². The molecular weight excluding hydrogens is 352 g/mol. The molecule has 1 aliphatic rings. The zero-order chi connectivity index (χ0) is 19.8. The molecule has 0 spiro atoms. The van der Waals surface area contributed by atoms with Crippen molar-refractivity contribution < 1.29 is 5.11 Å². The molecular formula is C21H26N6O. The van der Waals surface area contributed by atoms with Crippen LogP contribution in [0, 0.1) is 19.8 Å². The molecule has 28 heavy (non-hydrogen) atoms. The van der Waals surface area contributed by atoms with E-state index >= 15 is 0 Å². The van der Waals surface area contributed by atoms with Crippen molar-refractivity contribution in [3.63, 3.8) is 0 Å². The number of aromatic hydroxyl groups is 1. The third kappa shape index (κ3) is 3.44. The van der Waals surface area contributed by atoms with E-state index < -0.39 is 0 Å². The number of aromatic nitrogens is 5. The first-order valence-electron chi connectivity index (χ1n) is 9.71. The third-order valence-electron chi connectivity index (χ3n) is 5.12. The molecule has 2 aromatic heterocycles. The zero-order valence-corrected chi connectivity index (χ0v) is 16.8. The Morgan fingerprint density at radius 1 is 1.14 bits per heavy atom. The predicted octanol–water partition coefficient (Wildman–Crippen LogP) is 3.66. The molecule has 0 aliphatic carbocycles. The summed E-state index contributed by atoms with van der Waals surface area (Å²) in [6.07, 6.45) is 1.05. The van der Waals surface area contributed by atoms with Crippen LogP contribution in [0.2, 0.25) is 0 Å². The topological polar surface area (TPSA) is 80.0 Å². The van der Waals surface area contributed by atoms with Gasteiger partial charge in [0.2, 0.25) is 0 Å². The number of benzene rings is 1. The van der Waals surface area contributed by atoms with E-state index in [1.807, 2.05) is 32.0 Å². The van der Waals surface area contributed by atoms with E-state index in [9.17, 15) is 5.11 Å². The van der Waals surface area contributed by atoms with Gasteiger partial charge in [-0.15, -0.1) is 10.2 Å². The SMILES string of the molecule is Cc1cc(N2Cc3nnc(C)n3[C@@H](CC(C)C)C2)nc(-c2ccccc2O)n1. The number of rotatable bonds is 4. The van der Waals surface area contributed by atoms with Crippen LogP contribution in [0.3, 0.4) is 0 Å². The standard InChI is InChI=1S/C21H26N6O/c1-13(2)9-16-11-26(12-20-25-24-15(4)27(16)20)19-10-14(3)22-21(23-19)17-7-5-6-8-18(17)28/h5-8,10,13,16,28H,9,11-12H2,1-4H3/t16-/m0/s1. The maximum absolute atomic E-state index is 10.2. The van der Waals surface area contributed by atoms with Gasteiger partial charge in [-0.1, -0.05) is 26.0 Å². The molecule has 0 unspecified atom stereocenters. The van der Waals surface area contributed by atoms with Crippen LogP contribution in [0.5, 0.6) is 5.75 Å². The van der Waals surface area contributed by atoms with Crippen LogP contribution in [-0.2, 0) is 6.54 Å². The van der Waals surface area contributed by atoms with Crippen molar-refractivity contribution >= 4 is 5.82 Å². The highest BCUT2D eigenvalue weighted by molar-refractivity contribution is 5.65. The highest BCUT2D eigenvalue weighted by atomic mass is 16.3. The number of phenols is 1. The predicted molar refractivity (Wildman–Crippen MR) is 108 cm³/mol. The molecule has 0 amide bonds. The van der Waals surface area contributed by atoms with Crippen molar-refractivity contribution in [2.45, 2.75) is 46.7 Å². The van der Waals surface area contributed by atoms with Crippen LogP contribution in [-0.4, -0.2) is 36.4 Å². The fourth-order valence-electron chi connectivity index (χ4n) is 3.96. The largest absolute Gasteiger partial charge is 0.507 e. The van der Waals surface area contributed by atoms with Gasteiger partial charge in [-0.05, 0) is 38.3 Å². The molecule has 0 radical (unpaired) electrons. The average Bonchev–Trinajstić information content (AvgIpc) is 3.02. The van der Waals surface area contributed by atoms with Crippen molar-refractivity contribution in [3.05, 3.63) is 47.7 Å².